The van der Waals surface area contributed by atoms with E-state index in [0.29, 0.717) is 11.5 Å². The van der Waals surface area contributed by atoms with E-state index in [9.17, 15) is 0 Å². The third-order valence-corrected chi connectivity index (χ3v) is 4.39. The Labute approximate surface area is 118 Å². The molecule has 1 N–H and O–H groups in total. The van der Waals surface area contributed by atoms with E-state index in [4.69, 9.17) is 0 Å². The summed E-state index contributed by atoms with van der Waals surface area (Å²) in [7, 11) is 0. The third-order valence-electron chi connectivity index (χ3n) is 4.39. The SMILES string of the molecule is CCNC(C)c1ccc(N2CCC(C)(C)CC2)cc1. The second-order valence-electron chi connectivity index (χ2n) is 6.52. The van der Waals surface area contributed by atoms with Crippen LogP contribution in [-0.2, 0) is 0 Å². The van der Waals surface area contributed by atoms with Crippen molar-refractivity contribution in [1.29, 1.82) is 0 Å². The highest BCUT2D eigenvalue weighted by Gasteiger charge is 2.25. The summed E-state index contributed by atoms with van der Waals surface area (Å²) in [6, 6.07) is 9.53. The van der Waals surface area contributed by atoms with Crippen LogP contribution in [0.25, 0.3) is 0 Å². The lowest BCUT2D eigenvalue weighted by atomic mass is 9.82. The van der Waals surface area contributed by atoms with Crippen molar-refractivity contribution in [3.63, 3.8) is 0 Å². The molecule has 2 nitrogen and oxygen atoms in total. The van der Waals surface area contributed by atoms with E-state index >= 15 is 0 Å². The van der Waals surface area contributed by atoms with Crippen molar-refractivity contribution in [3.8, 4) is 0 Å². The summed E-state index contributed by atoms with van der Waals surface area (Å²) in [5, 5.41) is 3.46. The van der Waals surface area contributed by atoms with Crippen LogP contribution < -0.4 is 10.2 Å². The maximum absolute atomic E-state index is 3.46. The largest absolute Gasteiger partial charge is 0.371 e. The van der Waals surface area contributed by atoms with Crippen LogP contribution in [-0.4, -0.2) is 19.6 Å². The molecule has 0 amide bonds. The molecule has 1 aliphatic rings. The van der Waals surface area contributed by atoms with Crippen LogP contribution in [0.2, 0.25) is 0 Å². The summed E-state index contributed by atoms with van der Waals surface area (Å²) >= 11 is 0. The lowest BCUT2D eigenvalue weighted by Crippen LogP contribution is -2.37. The minimum Gasteiger partial charge on any atom is -0.371 e. The van der Waals surface area contributed by atoms with E-state index in [1.807, 2.05) is 0 Å². The fourth-order valence-corrected chi connectivity index (χ4v) is 2.77. The molecule has 0 aliphatic carbocycles. The molecule has 1 unspecified atom stereocenters. The van der Waals surface area contributed by atoms with Gasteiger partial charge in [0.05, 0.1) is 0 Å². The van der Waals surface area contributed by atoms with E-state index in [1.54, 1.807) is 0 Å². The second kappa shape index (κ2) is 5.96. The highest BCUT2D eigenvalue weighted by Crippen LogP contribution is 2.32. The van der Waals surface area contributed by atoms with Crippen molar-refractivity contribution in [2.75, 3.05) is 24.5 Å². The first-order valence-corrected chi connectivity index (χ1v) is 7.60. The predicted molar refractivity (Wildman–Crippen MR) is 83.8 cm³/mol. The Bertz CT molecular complexity index is 384. The second-order valence-corrected chi connectivity index (χ2v) is 6.52. The zero-order chi connectivity index (χ0) is 13.9. The van der Waals surface area contributed by atoms with Gasteiger partial charge in [0.1, 0.15) is 0 Å². The Morgan fingerprint density at radius 2 is 1.74 bits per heavy atom. The summed E-state index contributed by atoms with van der Waals surface area (Å²) in [5.74, 6) is 0. The molecule has 2 rings (SSSR count). The highest BCUT2D eigenvalue weighted by molar-refractivity contribution is 5.48. The summed E-state index contributed by atoms with van der Waals surface area (Å²) in [4.78, 5) is 2.52. The van der Waals surface area contributed by atoms with Crippen LogP contribution in [0.3, 0.4) is 0 Å². The van der Waals surface area contributed by atoms with E-state index in [2.05, 4.69) is 62.2 Å². The van der Waals surface area contributed by atoms with Gasteiger partial charge in [-0.1, -0.05) is 32.9 Å². The van der Waals surface area contributed by atoms with Gasteiger partial charge in [-0.3, -0.25) is 0 Å². The molecule has 19 heavy (non-hydrogen) atoms. The van der Waals surface area contributed by atoms with Gasteiger partial charge in [0, 0.05) is 24.8 Å². The van der Waals surface area contributed by atoms with Gasteiger partial charge in [-0.25, -0.2) is 0 Å². The first-order valence-electron chi connectivity index (χ1n) is 7.60. The molecular weight excluding hydrogens is 232 g/mol. The monoisotopic (exact) mass is 260 g/mol. The zero-order valence-electron chi connectivity index (χ0n) is 12.9. The number of nitrogens with zero attached hydrogens (tertiary/aromatic N) is 1. The highest BCUT2D eigenvalue weighted by atomic mass is 15.1. The molecule has 0 spiro atoms. The normalized spacial score (nSPS) is 20.3. The van der Waals surface area contributed by atoms with Crippen LogP contribution in [0, 0.1) is 5.41 Å². The van der Waals surface area contributed by atoms with Crippen LogP contribution in [0.4, 0.5) is 5.69 Å². The van der Waals surface area contributed by atoms with Gasteiger partial charge in [0.25, 0.3) is 0 Å². The molecule has 1 atom stereocenters. The molecule has 1 heterocycles. The molecule has 106 valence electrons. The summed E-state index contributed by atoms with van der Waals surface area (Å²) in [6.45, 7) is 12.5. The van der Waals surface area contributed by atoms with Crippen molar-refractivity contribution in [2.45, 2.75) is 46.6 Å². The minimum absolute atomic E-state index is 0.444. The van der Waals surface area contributed by atoms with Crippen molar-refractivity contribution < 1.29 is 0 Å². The molecule has 0 radical (unpaired) electrons. The first kappa shape index (κ1) is 14.4. The number of rotatable bonds is 4. The maximum Gasteiger partial charge on any atom is 0.0366 e. The van der Waals surface area contributed by atoms with Gasteiger partial charge < -0.3 is 10.2 Å². The molecule has 0 aromatic heterocycles. The Morgan fingerprint density at radius 1 is 1.16 bits per heavy atom. The van der Waals surface area contributed by atoms with Crippen LogP contribution in [0.5, 0.6) is 0 Å². The number of benzene rings is 1. The number of piperidine rings is 1. The fourth-order valence-electron chi connectivity index (χ4n) is 2.77. The van der Waals surface area contributed by atoms with E-state index in [0.717, 1.165) is 6.54 Å². The average molecular weight is 260 g/mol. The van der Waals surface area contributed by atoms with Gasteiger partial charge in [0.15, 0.2) is 0 Å². The summed E-state index contributed by atoms with van der Waals surface area (Å²) in [5.41, 5.74) is 3.28. The predicted octanol–water partition coefficient (Wildman–Crippen LogP) is 3.98. The molecule has 0 bridgehead atoms. The molecule has 0 saturated carbocycles. The Balaban J connectivity index is 1.99. The topological polar surface area (TPSA) is 15.3 Å². The van der Waals surface area contributed by atoms with Gasteiger partial charge >= 0.3 is 0 Å². The third kappa shape index (κ3) is 3.73. The van der Waals surface area contributed by atoms with Crippen LogP contribution in [0.1, 0.15) is 52.1 Å². The molecule has 2 heteroatoms. The fraction of sp³-hybridized carbons (Fsp3) is 0.647. The van der Waals surface area contributed by atoms with E-state index in [1.165, 1.54) is 37.2 Å². The number of hydrogen-bond donors (Lipinski definition) is 1. The lowest BCUT2D eigenvalue weighted by molar-refractivity contribution is 0.280. The molecule has 1 aliphatic heterocycles. The smallest absolute Gasteiger partial charge is 0.0366 e. The van der Waals surface area contributed by atoms with E-state index < -0.39 is 0 Å². The first-order chi connectivity index (χ1) is 9.02. The molecule has 1 fully saturated rings. The number of hydrogen-bond acceptors (Lipinski definition) is 2. The molecule has 1 aromatic carbocycles. The Morgan fingerprint density at radius 3 is 2.26 bits per heavy atom. The van der Waals surface area contributed by atoms with Crippen molar-refractivity contribution in [1.82, 2.24) is 5.32 Å². The van der Waals surface area contributed by atoms with E-state index in [-0.39, 0.29) is 0 Å². The van der Waals surface area contributed by atoms with Crippen LogP contribution >= 0.6 is 0 Å². The quantitative estimate of drug-likeness (QED) is 0.881. The zero-order valence-corrected chi connectivity index (χ0v) is 12.9. The van der Waals surface area contributed by atoms with Crippen LogP contribution in [0.15, 0.2) is 24.3 Å². The molecular formula is C17H28N2. The van der Waals surface area contributed by atoms with Gasteiger partial charge in [-0.15, -0.1) is 0 Å². The van der Waals surface area contributed by atoms with Gasteiger partial charge in [-0.2, -0.15) is 0 Å². The Kier molecular flexibility index (Phi) is 4.51. The van der Waals surface area contributed by atoms with Gasteiger partial charge in [-0.05, 0) is 49.4 Å². The summed E-state index contributed by atoms with van der Waals surface area (Å²) in [6.07, 6.45) is 2.59. The van der Waals surface area contributed by atoms with Crippen molar-refractivity contribution in [2.24, 2.45) is 5.41 Å². The average Bonchev–Trinajstić information content (AvgIpc) is 2.39. The molecule has 1 aromatic rings. The standard InChI is InChI=1S/C17H28N2/c1-5-18-14(2)15-6-8-16(9-7-15)19-12-10-17(3,4)11-13-19/h6-9,14,18H,5,10-13H2,1-4H3. The van der Waals surface area contributed by atoms with Crippen molar-refractivity contribution in [3.05, 3.63) is 29.8 Å². The number of nitrogens with one attached hydrogen (secondary N) is 1. The molecule has 1 saturated heterocycles. The summed E-state index contributed by atoms with van der Waals surface area (Å²) < 4.78 is 0. The number of anilines is 1. The van der Waals surface area contributed by atoms with Gasteiger partial charge in [0.2, 0.25) is 0 Å². The van der Waals surface area contributed by atoms with Crippen molar-refractivity contribution >= 4 is 5.69 Å². The Hall–Kier alpha value is -1.02. The maximum atomic E-state index is 3.46. The minimum atomic E-state index is 0.444. The lowest BCUT2D eigenvalue weighted by Gasteiger charge is -2.38.